The van der Waals surface area contributed by atoms with Gasteiger partial charge in [-0.15, -0.1) is 18.2 Å². The molecular weight excluding hydrogens is 160 g/mol. The third-order valence-corrected chi connectivity index (χ3v) is 1.85. The van der Waals surface area contributed by atoms with Crippen LogP contribution in [0.5, 0.6) is 5.75 Å². The minimum absolute atomic E-state index is 0.215. The van der Waals surface area contributed by atoms with Gasteiger partial charge in [-0.3, -0.25) is 0 Å². The van der Waals surface area contributed by atoms with E-state index in [0.717, 1.165) is 0 Å². The molecule has 0 saturated heterocycles. The van der Waals surface area contributed by atoms with Crippen molar-refractivity contribution in [3.63, 3.8) is 0 Å². The van der Waals surface area contributed by atoms with E-state index in [9.17, 15) is 5.11 Å². The molecule has 0 saturated carbocycles. The number of halogens is 1. The molecule has 1 rings (SSSR count). The molecule has 0 spiro atoms. The first kappa shape index (κ1) is 8.15. The van der Waals surface area contributed by atoms with E-state index >= 15 is 0 Å². The van der Waals surface area contributed by atoms with Gasteiger partial charge >= 0.3 is 0 Å². The van der Waals surface area contributed by atoms with Crippen molar-refractivity contribution in [2.24, 2.45) is 0 Å². The topological polar surface area (TPSA) is 20.2 Å². The van der Waals surface area contributed by atoms with Crippen LogP contribution in [0.15, 0.2) is 36.9 Å². The van der Waals surface area contributed by atoms with Gasteiger partial charge in [-0.2, -0.15) is 0 Å². The first-order valence-electron chi connectivity index (χ1n) is 3.30. The van der Waals surface area contributed by atoms with Gasteiger partial charge in [0.1, 0.15) is 5.75 Å². The number of phenols is 1. The molecule has 11 heavy (non-hydrogen) atoms. The quantitative estimate of drug-likeness (QED) is 0.532. The van der Waals surface area contributed by atoms with Gasteiger partial charge in [-0.05, 0) is 6.07 Å². The normalized spacial score (nSPS) is 12.5. The molecule has 1 aromatic carbocycles. The number of rotatable bonds is 2. The highest BCUT2D eigenvalue weighted by molar-refractivity contribution is 6.22. The molecule has 0 aliphatic heterocycles. The van der Waals surface area contributed by atoms with Gasteiger partial charge in [0.15, 0.2) is 0 Å². The molecule has 0 aliphatic carbocycles. The van der Waals surface area contributed by atoms with Crippen LogP contribution in [-0.2, 0) is 0 Å². The van der Waals surface area contributed by atoms with Crippen molar-refractivity contribution in [2.45, 2.75) is 5.38 Å². The van der Waals surface area contributed by atoms with Crippen molar-refractivity contribution >= 4 is 11.6 Å². The van der Waals surface area contributed by atoms with Crippen LogP contribution in [0.3, 0.4) is 0 Å². The number of para-hydroxylation sites is 1. The van der Waals surface area contributed by atoms with Gasteiger partial charge < -0.3 is 5.11 Å². The van der Waals surface area contributed by atoms with E-state index in [1.54, 1.807) is 24.3 Å². The van der Waals surface area contributed by atoms with E-state index in [0.29, 0.717) is 5.56 Å². The summed E-state index contributed by atoms with van der Waals surface area (Å²) in [4.78, 5) is 0. The number of allylic oxidation sites excluding steroid dienone is 1. The highest BCUT2D eigenvalue weighted by atomic mass is 35.5. The van der Waals surface area contributed by atoms with Crippen LogP contribution in [-0.4, -0.2) is 5.11 Å². The van der Waals surface area contributed by atoms with Crippen molar-refractivity contribution in [3.8, 4) is 5.75 Å². The molecular formula is C9H9ClO. The highest BCUT2D eigenvalue weighted by Gasteiger charge is 2.06. The molecule has 0 aliphatic rings. The second-order valence-electron chi connectivity index (χ2n) is 2.20. The van der Waals surface area contributed by atoms with Crippen LogP contribution in [0, 0.1) is 0 Å². The van der Waals surface area contributed by atoms with Crippen molar-refractivity contribution in [3.05, 3.63) is 42.5 Å². The Balaban J connectivity index is 3.02. The zero-order valence-electron chi connectivity index (χ0n) is 6.00. The molecule has 1 unspecified atom stereocenters. The number of hydrogen-bond acceptors (Lipinski definition) is 1. The van der Waals surface area contributed by atoms with Gasteiger partial charge in [-0.25, -0.2) is 0 Å². The molecule has 2 heteroatoms. The Morgan fingerprint density at radius 2 is 2.09 bits per heavy atom. The number of phenolic OH excluding ortho intramolecular Hbond substituents is 1. The number of alkyl halides is 1. The summed E-state index contributed by atoms with van der Waals surface area (Å²) in [6, 6.07) is 6.96. The van der Waals surface area contributed by atoms with Gasteiger partial charge in [0.2, 0.25) is 0 Å². The van der Waals surface area contributed by atoms with Crippen LogP contribution < -0.4 is 0 Å². The maximum Gasteiger partial charge on any atom is 0.120 e. The minimum Gasteiger partial charge on any atom is -0.508 e. The van der Waals surface area contributed by atoms with Crippen molar-refractivity contribution in [2.75, 3.05) is 0 Å². The number of hydrogen-bond donors (Lipinski definition) is 1. The van der Waals surface area contributed by atoms with Gasteiger partial charge in [0, 0.05) is 5.56 Å². The van der Waals surface area contributed by atoms with Crippen LogP contribution in [0.2, 0.25) is 0 Å². The predicted molar refractivity (Wildman–Crippen MR) is 46.9 cm³/mol. The second-order valence-corrected chi connectivity index (χ2v) is 2.67. The zero-order valence-corrected chi connectivity index (χ0v) is 6.75. The summed E-state index contributed by atoms with van der Waals surface area (Å²) in [6.45, 7) is 3.54. The lowest BCUT2D eigenvalue weighted by Gasteiger charge is -2.05. The maximum atomic E-state index is 9.28. The van der Waals surface area contributed by atoms with Crippen LogP contribution in [0.1, 0.15) is 10.9 Å². The third kappa shape index (κ3) is 1.75. The van der Waals surface area contributed by atoms with Gasteiger partial charge in [0.05, 0.1) is 5.38 Å². The fourth-order valence-corrected chi connectivity index (χ4v) is 1.03. The lowest BCUT2D eigenvalue weighted by atomic mass is 10.1. The lowest BCUT2D eigenvalue weighted by molar-refractivity contribution is 0.469. The fourth-order valence-electron chi connectivity index (χ4n) is 0.848. The van der Waals surface area contributed by atoms with Gasteiger partial charge in [0.25, 0.3) is 0 Å². The molecule has 1 atom stereocenters. The summed E-state index contributed by atoms with van der Waals surface area (Å²) in [5.41, 5.74) is 0.698. The average molecular weight is 169 g/mol. The molecule has 1 nitrogen and oxygen atoms in total. The fraction of sp³-hybridized carbons (Fsp3) is 0.111. The van der Waals surface area contributed by atoms with E-state index in [1.807, 2.05) is 6.07 Å². The standard InChI is InChI=1S/C9H9ClO/c1-2-8(10)7-5-3-4-6-9(7)11/h2-6,8,11H,1H2. The first-order chi connectivity index (χ1) is 5.25. The Bertz CT molecular complexity index is 257. The predicted octanol–water partition coefficient (Wildman–Crippen LogP) is 2.86. The van der Waals surface area contributed by atoms with Crippen molar-refractivity contribution < 1.29 is 5.11 Å². The Hall–Kier alpha value is -0.950. The lowest BCUT2D eigenvalue weighted by Crippen LogP contribution is -1.84. The van der Waals surface area contributed by atoms with E-state index < -0.39 is 0 Å². The second kappa shape index (κ2) is 3.44. The van der Waals surface area contributed by atoms with Crippen LogP contribution >= 0.6 is 11.6 Å². The largest absolute Gasteiger partial charge is 0.508 e. The zero-order chi connectivity index (χ0) is 8.27. The summed E-state index contributed by atoms with van der Waals surface area (Å²) < 4.78 is 0. The summed E-state index contributed by atoms with van der Waals surface area (Å²) in [6.07, 6.45) is 1.58. The SMILES string of the molecule is C=CC(Cl)c1ccccc1O. The summed E-state index contributed by atoms with van der Waals surface area (Å²) in [7, 11) is 0. The van der Waals surface area contributed by atoms with Crippen molar-refractivity contribution in [1.29, 1.82) is 0 Å². The average Bonchev–Trinajstić information content (AvgIpc) is 2.04. The molecule has 0 heterocycles. The summed E-state index contributed by atoms with van der Waals surface area (Å²) in [5.74, 6) is 0.215. The third-order valence-electron chi connectivity index (χ3n) is 1.44. The molecule has 0 bridgehead atoms. The first-order valence-corrected chi connectivity index (χ1v) is 3.74. The molecule has 58 valence electrons. The minimum atomic E-state index is -0.309. The van der Waals surface area contributed by atoms with Crippen LogP contribution in [0.25, 0.3) is 0 Å². The Morgan fingerprint density at radius 3 is 2.64 bits per heavy atom. The van der Waals surface area contributed by atoms with E-state index in [1.165, 1.54) is 0 Å². The van der Waals surface area contributed by atoms with E-state index in [-0.39, 0.29) is 11.1 Å². The van der Waals surface area contributed by atoms with E-state index in [2.05, 4.69) is 6.58 Å². The van der Waals surface area contributed by atoms with Crippen LogP contribution in [0.4, 0.5) is 0 Å². The molecule has 0 radical (unpaired) electrons. The molecule has 1 N–H and O–H groups in total. The molecule has 0 fully saturated rings. The van der Waals surface area contributed by atoms with Gasteiger partial charge in [-0.1, -0.05) is 24.3 Å². The maximum absolute atomic E-state index is 9.28. The monoisotopic (exact) mass is 168 g/mol. The Kier molecular flexibility index (Phi) is 2.55. The van der Waals surface area contributed by atoms with E-state index in [4.69, 9.17) is 11.6 Å². The molecule has 1 aromatic rings. The number of benzene rings is 1. The summed E-state index contributed by atoms with van der Waals surface area (Å²) >= 11 is 5.82. The smallest absolute Gasteiger partial charge is 0.120 e. The van der Waals surface area contributed by atoms with Crippen molar-refractivity contribution in [1.82, 2.24) is 0 Å². The Labute approximate surface area is 70.9 Å². The number of aromatic hydroxyl groups is 1. The summed E-state index contributed by atoms with van der Waals surface area (Å²) in [5, 5.41) is 8.97. The molecule has 0 aromatic heterocycles. The highest BCUT2D eigenvalue weighted by Crippen LogP contribution is 2.28. The molecule has 0 amide bonds. The Morgan fingerprint density at radius 1 is 1.45 bits per heavy atom.